The number of carbonyl (C=O) groups is 1. The molecule has 0 aromatic carbocycles. The Morgan fingerprint density at radius 1 is 1.11 bits per heavy atom. The highest BCUT2D eigenvalue weighted by Gasteiger charge is 2.23. The van der Waals surface area contributed by atoms with Crippen LogP contribution in [0.5, 0.6) is 0 Å². The molecule has 1 saturated carbocycles. The summed E-state index contributed by atoms with van der Waals surface area (Å²) in [7, 11) is 1.79. The van der Waals surface area contributed by atoms with E-state index in [1.807, 2.05) is 18.3 Å². The molecule has 0 saturated heterocycles. The summed E-state index contributed by atoms with van der Waals surface area (Å²) in [6.07, 6.45) is 2.96. The van der Waals surface area contributed by atoms with Crippen LogP contribution in [0, 0.1) is 6.92 Å². The average Bonchev–Trinajstić information content (AvgIpc) is 3.40. The van der Waals surface area contributed by atoms with Gasteiger partial charge in [-0.05, 0) is 50.8 Å². The second-order valence-electron chi connectivity index (χ2n) is 9.15. The van der Waals surface area contributed by atoms with Crippen molar-refractivity contribution in [3.63, 3.8) is 0 Å². The Bertz CT molecular complexity index is 1410. The summed E-state index contributed by atoms with van der Waals surface area (Å²) >= 11 is 0. The van der Waals surface area contributed by atoms with E-state index < -0.39 is 13.0 Å². The van der Waals surface area contributed by atoms with Crippen molar-refractivity contribution in [2.75, 3.05) is 17.7 Å². The second-order valence-corrected chi connectivity index (χ2v) is 9.15. The van der Waals surface area contributed by atoms with Gasteiger partial charge in [0.05, 0.1) is 12.2 Å². The Balaban J connectivity index is 1.43. The lowest BCUT2D eigenvalue weighted by Gasteiger charge is -2.29. The van der Waals surface area contributed by atoms with E-state index >= 15 is 0 Å². The van der Waals surface area contributed by atoms with E-state index in [2.05, 4.69) is 31.0 Å². The number of rotatable bonds is 7. The Hall–Kier alpha value is -3.83. The molecule has 4 heterocycles. The molecule has 0 atom stereocenters. The van der Waals surface area contributed by atoms with Crippen molar-refractivity contribution in [1.82, 2.24) is 34.4 Å². The molecule has 36 heavy (non-hydrogen) atoms. The lowest BCUT2D eigenvalue weighted by atomic mass is 9.91. The quantitative estimate of drug-likeness (QED) is 0.357. The highest BCUT2D eigenvalue weighted by molar-refractivity contribution is 5.89. The molecule has 4 aromatic rings. The minimum atomic E-state index is -2.50. The van der Waals surface area contributed by atoms with Crippen molar-refractivity contribution in [3.05, 3.63) is 30.2 Å². The van der Waals surface area contributed by atoms with E-state index in [1.54, 1.807) is 31.5 Å². The maximum absolute atomic E-state index is 13.1. The van der Waals surface area contributed by atoms with Crippen LogP contribution in [0.4, 0.5) is 20.5 Å². The number of nitrogens with zero attached hydrogens (tertiary/aromatic N) is 6. The van der Waals surface area contributed by atoms with Gasteiger partial charge in [0.1, 0.15) is 16.9 Å². The number of carbonyl (C=O) groups excluding carboxylic acids is 1. The highest BCUT2D eigenvalue weighted by atomic mass is 19.3. The van der Waals surface area contributed by atoms with Crippen LogP contribution in [-0.4, -0.2) is 60.6 Å². The van der Waals surface area contributed by atoms with Gasteiger partial charge in [-0.3, -0.25) is 4.79 Å². The zero-order chi connectivity index (χ0) is 25.4. The van der Waals surface area contributed by atoms with E-state index in [0.29, 0.717) is 34.4 Å². The molecule has 0 aliphatic heterocycles. The average molecular weight is 498 g/mol. The van der Waals surface area contributed by atoms with E-state index in [9.17, 15) is 13.6 Å². The summed E-state index contributed by atoms with van der Waals surface area (Å²) in [5.41, 5.74) is 3.14. The SMILES string of the molecule is CNc1nc(NC2CCC(NC(C)=O)CC2)nn2ccc(-c3ccc4nc(C)n(CC(F)F)c4n3)c12. The number of pyridine rings is 1. The third kappa shape index (κ3) is 4.67. The molecule has 0 spiro atoms. The van der Waals surface area contributed by atoms with Crippen LogP contribution in [0.15, 0.2) is 24.4 Å². The number of alkyl halides is 2. The number of hydrogen-bond donors (Lipinski definition) is 3. The lowest BCUT2D eigenvalue weighted by molar-refractivity contribution is -0.119. The number of fused-ring (bicyclic) bond motifs is 2. The van der Waals surface area contributed by atoms with E-state index in [-0.39, 0.29) is 18.0 Å². The molecular formula is C24H29F2N9O. The van der Waals surface area contributed by atoms with Gasteiger partial charge in [0.2, 0.25) is 11.9 Å². The Morgan fingerprint density at radius 3 is 2.56 bits per heavy atom. The van der Waals surface area contributed by atoms with Crippen molar-refractivity contribution in [2.45, 2.75) is 64.6 Å². The van der Waals surface area contributed by atoms with Crippen LogP contribution in [0.3, 0.4) is 0 Å². The number of hydrogen-bond acceptors (Lipinski definition) is 7. The monoisotopic (exact) mass is 497 g/mol. The molecule has 1 fully saturated rings. The van der Waals surface area contributed by atoms with Crippen LogP contribution in [0.1, 0.15) is 38.4 Å². The Morgan fingerprint density at radius 2 is 1.86 bits per heavy atom. The molecule has 4 aromatic heterocycles. The smallest absolute Gasteiger partial charge is 0.256 e. The van der Waals surface area contributed by atoms with Crippen molar-refractivity contribution in [2.24, 2.45) is 0 Å². The van der Waals surface area contributed by atoms with Gasteiger partial charge in [0.15, 0.2) is 11.5 Å². The first-order valence-electron chi connectivity index (χ1n) is 12.1. The zero-order valence-corrected chi connectivity index (χ0v) is 20.4. The molecule has 0 bridgehead atoms. The van der Waals surface area contributed by atoms with Gasteiger partial charge in [-0.15, -0.1) is 5.10 Å². The summed E-state index contributed by atoms with van der Waals surface area (Å²) in [5, 5.41) is 14.2. The van der Waals surface area contributed by atoms with Crippen LogP contribution >= 0.6 is 0 Å². The fourth-order valence-corrected chi connectivity index (χ4v) is 4.94. The summed E-state index contributed by atoms with van der Waals surface area (Å²) < 4.78 is 29.5. The van der Waals surface area contributed by atoms with Gasteiger partial charge in [0.25, 0.3) is 6.43 Å². The maximum atomic E-state index is 13.1. The topological polar surface area (TPSA) is 114 Å². The molecular weight excluding hydrogens is 468 g/mol. The molecule has 1 aliphatic carbocycles. The molecule has 1 amide bonds. The molecule has 0 radical (unpaired) electrons. The van der Waals surface area contributed by atoms with E-state index in [0.717, 1.165) is 36.8 Å². The molecule has 1 aliphatic rings. The van der Waals surface area contributed by atoms with Crippen molar-refractivity contribution >= 4 is 34.4 Å². The van der Waals surface area contributed by atoms with Crippen LogP contribution in [-0.2, 0) is 11.3 Å². The number of nitrogens with one attached hydrogen (secondary N) is 3. The molecule has 3 N–H and O–H groups in total. The van der Waals surface area contributed by atoms with E-state index in [1.165, 1.54) is 4.57 Å². The number of aryl methyl sites for hydroxylation is 1. The minimum absolute atomic E-state index is 0.00418. The summed E-state index contributed by atoms with van der Waals surface area (Å²) in [4.78, 5) is 25.1. The van der Waals surface area contributed by atoms with Crippen molar-refractivity contribution < 1.29 is 13.6 Å². The fourth-order valence-electron chi connectivity index (χ4n) is 4.94. The zero-order valence-electron chi connectivity index (χ0n) is 20.4. The maximum Gasteiger partial charge on any atom is 0.256 e. The van der Waals surface area contributed by atoms with Gasteiger partial charge in [-0.25, -0.2) is 23.3 Å². The fraction of sp³-hybridized carbons (Fsp3) is 0.458. The van der Waals surface area contributed by atoms with Crippen molar-refractivity contribution in [1.29, 1.82) is 0 Å². The first kappa shape index (κ1) is 23.9. The highest BCUT2D eigenvalue weighted by Crippen LogP contribution is 2.31. The predicted molar refractivity (Wildman–Crippen MR) is 133 cm³/mol. The molecule has 0 unspecified atom stereocenters. The van der Waals surface area contributed by atoms with Gasteiger partial charge in [-0.1, -0.05) is 0 Å². The van der Waals surface area contributed by atoms with Gasteiger partial charge in [-0.2, -0.15) is 4.98 Å². The largest absolute Gasteiger partial charge is 0.371 e. The number of imidazole rings is 1. The number of anilines is 2. The third-order valence-electron chi connectivity index (χ3n) is 6.60. The second kappa shape index (κ2) is 9.67. The third-order valence-corrected chi connectivity index (χ3v) is 6.60. The molecule has 10 nitrogen and oxygen atoms in total. The summed E-state index contributed by atoms with van der Waals surface area (Å²) in [5.74, 6) is 1.63. The minimum Gasteiger partial charge on any atom is -0.371 e. The number of halogens is 2. The first-order valence-corrected chi connectivity index (χ1v) is 12.1. The predicted octanol–water partition coefficient (Wildman–Crippen LogP) is 3.62. The van der Waals surface area contributed by atoms with E-state index in [4.69, 9.17) is 4.98 Å². The number of aromatic nitrogens is 6. The Labute approximate surface area is 206 Å². The molecule has 5 rings (SSSR count). The van der Waals surface area contributed by atoms with Crippen LogP contribution in [0.25, 0.3) is 27.9 Å². The van der Waals surface area contributed by atoms with Crippen LogP contribution < -0.4 is 16.0 Å². The van der Waals surface area contributed by atoms with Crippen molar-refractivity contribution in [3.8, 4) is 11.3 Å². The summed E-state index contributed by atoms with van der Waals surface area (Å²) in [6, 6.07) is 5.95. The standard InChI is InChI=1S/C24H29F2N9O/c1-13-28-19-9-8-18(31-23(19)34(13)12-20(25)26)17-10-11-35-21(17)22(27-3)32-24(33-35)30-16-6-4-15(5-7-16)29-14(2)36/h8-11,15-16,20H,4-7,12H2,1-3H3,(H,29,36)(H2,27,30,32,33). The van der Waals surface area contributed by atoms with Gasteiger partial charge in [0, 0.05) is 37.8 Å². The summed E-state index contributed by atoms with van der Waals surface area (Å²) in [6.45, 7) is 2.79. The molecule has 190 valence electrons. The number of amides is 1. The first-order chi connectivity index (χ1) is 17.3. The Kier molecular flexibility index (Phi) is 6.42. The lowest BCUT2D eigenvalue weighted by Crippen LogP contribution is -2.39. The normalized spacial score (nSPS) is 18.2. The molecule has 12 heteroatoms. The van der Waals surface area contributed by atoms with Gasteiger partial charge < -0.3 is 20.5 Å². The van der Waals surface area contributed by atoms with Gasteiger partial charge >= 0.3 is 0 Å². The van der Waals surface area contributed by atoms with Crippen LogP contribution in [0.2, 0.25) is 0 Å².